The molecule has 0 aromatic rings. The zero-order valence-corrected chi connectivity index (χ0v) is 11.3. The van der Waals surface area contributed by atoms with Gasteiger partial charge in [-0.3, -0.25) is 19.2 Å². The maximum Gasteiger partial charge on any atom is 0.307 e. The van der Waals surface area contributed by atoms with Gasteiger partial charge in [0, 0.05) is 12.8 Å². The van der Waals surface area contributed by atoms with Crippen LogP contribution in [0.15, 0.2) is 0 Å². The van der Waals surface area contributed by atoms with Gasteiger partial charge >= 0.3 is 23.9 Å². The third kappa shape index (κ3) is 6.17. The summed E-state index contributed by atoms with van der Waals surface area (Å²) in [7, 11) is 2.31. The van der Waals surface area contributed by atoms with E-state index in [0.717, 1.165) is 14.2 Å². The van der Waals surface area contributed by atoms with Gasteiger partial charge in [-0.25, -0.2) is 0 Å². The standard InChI is InChI=1S/C12H18O8/c1-19-9(13)5-3-7(11(15)16)8(12(17)18)4-6-10(14)20-2/h7-8H,3-6H2,1-2H3,(H,15,16)(H,17,18)/t7-,8+. The molecule has 20 heavy (non-hydrogen) atoms. The van der Waals surface area contributed by atoms with Crippen molar-refractivity contribution in [3.8, 4) is 0 Å². The van der Waals surface area contributed by atoms with Gasteiger partial charge in [-0.2, -0.15) is 0 Å². The van der Waals surface area contributed by atoms with E-state index in [1.54, 1.807) is 0 Å². The summed E-state index contributed by atoms with van der Waals surface area (Å²) >= 11 is 0. The molecule has 2 atom stereocenters. The van der Waals surface area contributed by atoms with Crippen molar-refractivity contribution in [3.63, 3.8) is 0 Å². The fraction of sp³-hybridized carbons (Fsp3) is 0.667. The van der Waals surface area contributed by atoms with Crippen LogP contribution in [0.4, 0.5) is 0 Å². The van der Waals surface area contributed by atoms with Gasteiger partial charge in [0.15, 0.2) is 0 Å². The fourth-order valence-electron chi connectivity index (χ4n) is 1.74. The highest BCUT2D eigenvalue weighted by molar-refractivity contribution is 5.81. The normalized spacial score (nSPS) is 13.1. The van der Waals surface area contributed by atoms with E-state index in [2.05, 4.69) is 9.47 Å². The average molecular weight is 290 g/mol. The molecular formula is C12H18O8. The lowest BCUT2D eigenvalue weighted by Gasteiger charge is -2.19. The molecule has 0 heterocycles. The van der Waals surface area contributed by atoms with Crippen molar-refractivity contribution in [1.29, 1.82) is 0 Å². The van der Waals surface area contributed by atoms with Crippen LogP contribution in [0, 0.1) is 11.8 Å². The quantitative estimate of drug-likeness (QED) is 0.580. The van der Waals surface area contributed by atoms with Gasteiger partial charge in [0.05, 0.1) is 26.1 Å². The summed E-state index contributed by atoms with van der Waals surface area (Å²) in [5.74, 6) is -6.42. The molecule has 0 aromatic carbocycles. The van der Waals surface area contributed by atoms with Crippen LogP contribution in [0.2, 0.25) is 0 Å². The first-order valence-corrected chi connectivity index (χ1v) is 5.92. The van der Waals surface area contributed by atoms with Crippen LogP contribution in [0.5, 0.6) is 0 Å². The van der Waals surface area contributed by atoms with Crippen molar-refractivity contribution in [2.75, 3.05) is 14.2 Å². The Morgan fingerprint density at radius 3 is 1.30 bits per heavy atom. The number of aliphatic carboxylic acids is 2. The Bertz CT molecular complexity index is 340. The first-order chi connectivity index (χ1) is 9.33. The Balaban J connectivity index is 4.77. The van der Waals surface area contributed by atoms with Crippen LogP contribution >= 0.6 is 0 Å². The molecule has 0 aliphatic heterocycles. The number of carboxylic acid groups (broad SMARTS) is 2. The van der Waals surface area contributed by atoms with Crippen molar-refractivity contribution < 1.29 is 38.9 Å². The number of carbonyl (C=O) groups excluding carboxylic acids is 2. The summed E-state index contributed by atoms with van der Waals surface area (Å²) in [6, 6.07) is 0. The summed E-state index contributed by atoms with van der Waals surface area (Å²) in [5, 5.41) is 18.1. The summed E-state index contributed by atoms with van der Waals surface area (Å²) in [6.45, 7) is 0. The van der Waals surface area contributed by atoms with Gasteiger partial charge in [-0.05, 0) is 12.8 Å². The van der Waals surface area contributed by atoms with Crippen molar-refractivity contribution >= 4 is 23.9 Å². The molecule has 8 nitrogen and oxygen atoms in total. The Hall–Kier alpha value is -2.12. The van der Waals surface area contributed by atoms with Crippen LogP contribution < -0.4 is 0 Å². The van der Waals surface area contributed by atoms with E-state index in [1.165, 1.54) is 0 Å². The number of rotatable bonds is 9. The maximum absolute atomic E-state index is 11.1. The molecule has 0 fully saturated rings. The van der Waals surface area contributed by atoms with E-state index in [4.69, 9.17) is 10.2 Å². The first-order valence-electron chi connectivity index (χ1n) is 5.92. The minimum Gasteiger partial charge on any atom is -0.481 e. The number of hydrogen-bond acceptors (Lipinski definition) is 6. The average Bonchev–Trinajstić information content (AvgIpc) is 2.40. The molecule has 0 saturated heterocycles. The molecule has 114 valence electrons. The smallest absolute Gasteiger partial charge is 0.307 e. The van der Waals surface area contributed by atoms with E-state index in [0.29, 0.717) is 0 Å². The lowest BCUT2D eigenvalue weighted by Crippen LogP contribution is -2.31. The van der Waals surface area contributed by atoms with E-state index >= 15 is 0 Å². The molecular weight excluding hydrogens is 272 g/mol. The molecule has 0 spiro atoms. The summed E-state index contributed by atoms with van der Waals surface area (Å²) < 4.78 is 8.77. The molecule has 0 aliphatic carbocycles. The number of ether oxygens (including phenoxy) is 2. The summed E-state index contributed by atoms with van der Waals surface area (Å²) in [5.41, 5.74) is 0. The molecule has 8 heteroatoms. The van der Waals surface area contributed by atoms with Crippen molar-refractivity contribution in [2.45, 2.75) is 25.7 Å². The van der Waals surface area contributed by atoms with E-state index < -0.39 is 35.7 Å². The summed E-state index contributed by atoms with van der Waals surface area (Å²) in [4.78, 5) is 44.3. The predicted molar refractivity (Wildman–Crippen MR) is 64.8 cm³/mol. The van der Waals surface area contributed by atoms with Crippen LogP contribution in [-0.4, -0.2) is 48.3 Å². The minimum absolute atomic E-state index is 0.167. The molecule has 2 N–H and O–H groups in total. The lowest BCUT2D eigenvalue weighted by atomic mass is 9.85. The van der Waals surface area contributed by atoms with Gasteiger partial charge in [-0.15, -0.1) is 0 Å². The number of esters is 2. The molecule has 0 saturated carbocycles. The van der Waals surface area contributed by atoms with Crippen LogP contribution in [-0.2, 0) is 28.7 Å². The lowest BCUT2D eigenvalue weighted by molar-refractivity contribution is -0.156. The highest BCUT2D eigenvalue weighted by atomic mass is 16.5. The van der Waals surface area contributed by atoms with Crippen molar-refractivity contribution in [3.05, 3.63) is 0 Å². The monoisotopic (exact) mass is 290 g/mol. The van der Waals surface area contributed by atoms with Gasteiger partial charge in [0.25, 0.3) is 0 Å². The Kier molecular flexibility index (Phi) is 7.95. The third-order valence-corrected chi connectivity index (χ3v) is 2.89. The molecule has 0 radical (unpaired) electrons. The molecule has 0 aromatic heterocycles. The Labute approximate surface area is 115 Å². The van der Waals surface area contributed by atoms with Gasteiger partial charge < -0.3 is 19.7 Å². The SMILES string of the molecule is COC(=O)CC[C@H](C(=O)O)[C@@H](CCC(=O)OC)C(=O)O. The zero-order valence-electron chi connectivity index (χ0n) is 11.3. The molecule has 0 unspecified atom stereocenters. The van der Waals surface area contributed by atoms with Crippen molar-refractivity contribution in [2.24, 2.45) is 11.8 Å². The highest BCUT2D eigenvalue weighted by Crippen LogP contribution is 2.24. The first kappa shape index (κ1) is 17.9. The Morgan fingerprint density at radius 2 is 1.10 bits per heavy atom. The number of methoxy groups -OCH3 is 2. The molecule has 0 bridgehead atoms. The van der Waals surface area contributed by atoms with E-state index in [1.807, 2.05) is 0 Å². The second-order valence-electron chi connectivity index (χ2n) is 4.12. The molecule has 0 amide bonds. The van der Waals surface area contributed by atoms with Crippen LogP contribution in [0.25, 0.3) is 0 Å². The summed E-state index contributed by atoms with van der Waals surface area (Å²) in [6.07, 6.45) is -0.731. The van der Waals surface area contributed by atoms with Gasteiger partial charge in [0.2, 0.25) is 0 Å². The Morgan fingerprint density at radius 1 is 0.800 bits per heavy atom. The minimum atomic E-state index is -1.33. The molecule has 0 aliphatic rings. The topological polar surface area (TPSA) is 127 Å². The number of carboxylic acids is 2. The van der Waals surface area contributed by atoms with Crippen LogP contribution in [0.1, 0.15) is 25.7 Å². The largest absolute Gasteiger partial charge is 0.481 e. The van der Waals surface area contributed by atoms with Crippen molar-refractivity contribution in [1.82, 2.24) is 0 Å². The zero-order chi connectivity index (χ0) is 15.7. The van der Waals surface area contributed by atoms with E-state index in [9.17, 15) is 19.2 Å². The number of carbonyl (C=O) groups is 4. The second-order valence-corrected chi connectivity index (χ2v) is 4.12. The predicted octanol–water partition coefficient (Wildman–Crippen LogP) is 0.294. The second kappa shape index (κ2) is 8.89. The van der Waals surface area contributed by atoms with Gasteiger partial charge in [0.1, 0.15) is 0 Å². The number of hydrogen-bond donors (Lipinski definition) is 2. The third-order valence-electron chi connectivity index (χ3n) is 2.89. The fourth-order valence-corrected chi connectivity index (χ4v) is 1.74. The molecule has 0 rings (SSSR count). The highest BCUT2D eigenvalue weighted by Gasteiger charge is 2.34. The van der Waals surface area contributed by atoms with Crippen LogP contribution in [0.3, 0.4) is 0 Å². The van der Waals surface area contributed by atoms with Gasteiger partial charge in [-0.1, -0.05) is 0 Å². The van der Waals surface area contributed by atoms with E-state index in [-0.39, 0.29) is 25.7 Å². The maximum atomic E-state index is 11.1.